The lowest BCUT2D eigenvalue weighted by atomic mass is 10.2. The van der Waals surface area contributed by atoms with Gasteiger partial charge < -0.3 is 9.15 Å². The Balaban J connectivity index is 1.53. The van der Waals surface area contributed by atoms with Crippen LogP contribution in [0.4, 0.5) is 0 Å². The Hall–Kier alpha value is -3.46. The number of pyridine rings is 1. The number of amides is 2. The molecule has 0 aliphatic carbocycles. The molecule has 0 radical (unpaired) electrons. The molecule has 8 nitrogen and oxygen atoms in total. The molecule has 0 saturated heterocycles. The van der Waals surface area contributed by atoms with Crippen LogP contribution < -0.4 is 20.9 Å². The van der Waals surface area contributed by atoms with Crippen molar-refractivity contribution < 1.29 is 18.7 Å². The van der Waals surface area contributed by atoms with E-state index in [0.717, 1.165) is 5.39 Å². The second-order valence-electron chi connectivity index (χ2n) is 5.47. The summed E-state index contributed by atoms with van der Waals surface area (Å²) in [6, 6.07) is 12.3. The van der Waals surface area contributed by atoms with E-state index in [2.05, 4.69) is 21.2 Å². The van der Waals surface area contributed by atoms with Crippen LogP contribution in [0, 0.1) is 0 Å². The van der Waals surface area contributed by atoms with Gasteiger partial charge in [-0.1, -0.05) is 18.2 Å². The first-order valence-corrected chi connectivity index (χ1v) is 8.40. The van der Waals surface area contributed by atoms with Gasteiger partial charge in [0.15, 0.2) is 17.0 Å². The van der Waals surface area contributed by atoms with Crippen LogP contribution in [0.3, 0.4) is 0 Å². The Bertz CT molecular complexity index is 969. The van der Waals surface area contributed by atoms with Gasteiger partial charge in [-0.3, -0.25) is 30.7 Å². The highest BCUT2D eigenvalue weighted by atomic mass is 32.1. The molecule has 9 heteroatoms. The second-order valence-corrected chi connectivity index (χ2v) is 5.87. The Labute approximate surface area is 159 Å². The van der Waals surface area contributed by atoms with E-state index in [1.165, 1.54) is 12.3 Å². The lowest BCUT2D eigenvalue weighted by Crippen LogP contribution is -2.51. The van der Waals surface area contributed by atoms with Crippen LogP contribution in [-0.4, -0.2) is 28.0 Å². The zero-order chi connectivity index (χ0) is 19.2. The number of para-hydroxylation sites is 1. The third-order valence-electron chi connectivity index (χ3n) is 3.54. The van der Waals surface area contributed by atoms with Crippen molar-refractivity contribution in [1.82, 2.24) is 21.2 Å². The van der Waals surface area contributed by atoms with Crippen LogP contribution in [-0.2, 0) is 4.79 Å². The Kier molecular flexibility index (Phi) is 5.62. The van der Waals surface area contributed by atoms with Gasteiger partial charge in [0.05, 0.1) is 6.26 Å². The van der Waals surface area contributed by atoms with Crippen LogP contribution >= 0.6 is 12.2 Å². The van der Waals surface area contributed by atoms with Crippen molar-refractivity contribution in [3.63, 3.8) is 0 Å². The quantitative estimate of drug-likeness (QED) is 0.466. The zero-order valence-electron chi connectivity index (χ0n) is 14.3. The fourth-order valence-electron chi connectivity index (χ4n) is 2.24. The van der Waals surface area contributed by atoms with Crippen molar-refractivity contribution in [2.24, 2.45) is 0 Å². The second kappa shape index (κ2) is 8.28. The van der Waals surface area contributed by atoms with Gasteiger partial charge in [-0.05, 0) is 43.4 Å². The molecule has 0 bridgehead atoms. The van der Waals surface area contributed by atoms with Crippen molar-refractivity contribution in [3.8, 4) is 5.75 Å². The van der Waals surface area contributed by atoms with Crippen LogP contribution in [0.2, 0.25) is 0 Å². The molecular formula is C18H16N4O4S. The first kappa shape index (κ1) is 18.3. The Morgan fingerprint density at radius 2 is 1.96 bits per heavy atom. The van der Waals surface area contributed by atoms with E-state index in [1.807, 2.05) is 24.3 Å². The number of benzene rings is 1. The molecule has 1 atom stereocenters. The largest absolute Gasteiger partial charge is 0.479 e. The summed E-state index contributed by atoms with van der Waals surface area (Å²) in [5, 5.41) is 3.20. The summed E-state index contributed by atoms with van der Waals surface area (Å²) in [5.41, 5.74) is 5.48. The van der Waals surface area contributed by atoms with Gasteiger partial charge in [-0.15, -0.1) is 0 Å². The fourth-order valence-corrected chi connectivity index (χ4v) is 2.38. The number of aromatic nitrogens is 1. The number of fused-ring (bicyclic) bond motifs is 1. The number of furan rings is 1. The minimum atomic E-state index is -0.825. The Morgan fingerprint density at radius 1 is 1.15 bits per heavy atom. The summed E-state index contributed by atoms with van der Waals surface area (Å²) >= 11 is 4.95. The number of thiocarbonyl (C=S) groups is 1. The molecule has 3 aromatic rings. The number of nitrogens with zero attached hydrogens (tertiary/aromatic N) is 1. The maximum Gasteiger partial charge on any atom is 0.293 e. The van der Waals surface area contributed by atoms with Crippen LogP contribution in [0.15, 0.2) is 59.3 Å². The molecule has 0 fully saturated rings. The van der Waals surface area contributed by atoms with E-state index >= 15 is 0 Å². The first-order valence-electron chi connectivity index (χ1n) is 7.99. The molecule has 0 spiro atoms. The molecule has 0 aliphatic rings. The number of carbonyl (C=O) groups is 2. The average Bonchev–Trinajstić information content (AvgIpc) is 3.21. The topological polar surface area (TPSA) is 105 Å². The standard InChI is InChI=1S/C18H16N4O4S/c1-11(26-13-7-2-5-12-6-3-9-19-15(12)13)16(23)21-22-18(27)20-17(24)14-8-4-10-25-14/h2-11H,1H3,(H,21,23)(H2,20,22,24,27). The third kappa shape index (κ3) is 4.59. The maximum atomic E-state index is 12.2. The number of hydrogen-bond donors (Lipinski definition) is 3. The van der Waals surface area contributed by atoms with Gasteiger partial charge in [-0.2, -0.15) is 0 Å². The average molecular weight is 384 g/mol. The summed E-state index contributed by atoms with van der Waals surface area (Å²) in [4.78, 5) is 28.3. The molecule has 2 heterocycles. The number of hydrogen-bond acceptors (Lipinski definition) is 6. The number of nitrogens with one attached hydrogen (secondary N) is 3. The lowest BCUT2D eigenvalue weighted by molar-refractivity contribution is -0.127. The monoisotopic (exact) mass is 384 g/mol. The number of carbonyl (C=O) groups excluding carboxylic acids is 2. The fraction of sp³-hybridized carbons (Fsp3) is 0.111. The van der Waals surface area contributed by atoms with Crippen LogP contribution in [0.1, 0.15) is 17.5 Å². The summed E-state index contributed by atoms with van der Waals surface area (Å²) in [6.07, 6.45) is 2.20. The predicted octanol–water partition coefficient (Wildman–Crippen LogP) is 1.93. The molecular weight excluding hydrogens is 368 g/mol. The van der Waals surface area contributed by atoms with Gasteiger partial charge in [0.1, 0.15) is 11.3 Å². The van der Waals surface area contributed by atoms with Crippen molar-refractivity contribution >= 4 is 40.0 Å². The predicted molar refractivity (Wildman–Crippen MR) is 102 cm³/mol. The van der Waals surface area contributed by atoms with E-state index < -0.39 is 17.9 Å². The molecule has 138 valence electrons. The van der Waals surface area contributed by atoms with E-state index in [-0.39, 0.29) is 10.9 Å². The third-order valence-corrected chi connectivity index (χ3v) is 3.74. The number of ether oxygens (including phenoxy) is 1. The smallest absolute Gasteiger partial charge is 0.293 e. The minimum absolute atomic E-state index is 0.0798. The van der Waals surface area contributed by atoms with E-state index in [9.17, 15) is 9.59 Å². The van der Waals surface area contributed by atoms with Crippen molar-refractivity contribution in [3.05, 3.63) is 60.7 Å². The summed E-state index contributed by atoms with van der Waals surface area (Å²) in [5.74, 6) is -0.412. The molecule has 1 unspecified atom stereocenters. The van der Waals surface area contributed by atoms with Crippen molar-refractivity contribution in [2.75, 3.05) is 0 Å². The van der Waals surface area contributed by atoms with Crippen LogP contribution in [0.25, 0.3) is 10.9 Å². The highest BCUT2D eigenvalue weighted by molar-refractivity contribution is 7.80. The molecule has 2 amide bonds. The molecule has 0 aliphatic heterocycles. The van der Waals surface area contributed by atoms with Gasteiger partial charge in [0.2, 0.25) is 0 Å². The van der Waals surface area contributed by atoms with Gasteiger partial charge in [0, 0.05) is 11.6 Å². The number of hydrazine groups is 1. The summed E-state index contributed by atoms with van der Waals surface area (Å²) in [6.45, 7) is 1.59. The first-order chi connectivity index (χ1) is 13.0. The molecule has 3 N–H and O–H groups in total. The molecule has 27 heavy (non-hydrogen) atoms. The minimum Gasteiger partial charge on any atom is -0.479 e. The van der Waals surface area contributed by atoms with Crippen LogP contribution in [0.5, 0.6) is 5.75 Å². The van der Waals surface area contributed by atoms with Gasteiger partial charge in [0.25, 0.3) is 11.8 Å². The highest BCUT2D eigenvalue weighted by Crippen LogP contribution is 2.23. The van der Waals surface area contributed by atoms with E-state index in [0.29, 0.717) is 11.3 Å². The molecule has 2 aromatic heterocycles. The number of rotatable bonds is 4. The normalized spacial score (nSPS) is 11.4. The molecule has 1 aromatic carbocycles. The van der Waals surface area contributed by atoms with Gasteiger partial charge >= 0.3 is 0 Å². The summed E-state index contributed by atoms with van der Waals surface area (Å²) in [7, 11) is 0. The summed E-state index contributed by atoms with van der Waals surface area (Å²) < 4.78 is 10.7. The lowest BCUT2D eigenvalue weighted by Gasteiger charge is -2.16. The highest BCUT2D eigenvalue weighted by Gasteiger charge is 2.17. The molecule has 0 saturated carbocycles. The SMILES string of the molecule is CC(Oc1cccc2cccnc12)C(=O)NNC(=S)NC(=O)c1ccco1. The van der Waals surface area contributed by atoms with Gasteiger partial charge in [-0.25, -0.2) is 0 Å². The van der Waals surface area contributed by atoms with E-state index in [4.69, 9.17) is 21.4 Å². The Morgan fingerprint density at radius 3 is 2.74 bits per heavy atom. The van der Waals surface area contributed by atoms with E-state index in [1.54, 1.807) is 25.3 Å². The molecule has 3 rings (SSSR count). The maximum absolute atomic E-state index is 12.2. The zero-order valence-corrected chi connectivity index (χ0v) is 15.1. The van der Waals surface area contributed by atoms with Crippen molar-refractivity contribution in [2.45, 2.75) is 13.0 Å². The van der Waals surface area contributed by atoms with Crippen molar-refractivity contribution in [1.29, 1.82) is 0 Å².